The van der Waals surface area contributed by atoms with Crippen LogP contribution in [-0.2, 0) is 0 Å². The van der Waals surface area contributed by atoms with Crippen molar-refractivity contribution in [3.8, 4) is 22.8 Å². The summed E-state index contributed by atoms with van der Waals surface area (Å²) in [6, 6.07) is 15.2. The molecule has 0 spiro atoms. The summed E-state index contributed by atoms with van der Waals surface area (Å²) in [5.74, 6) is 1.83. The molecule has 177 valence electrons. The summed E-state index contributed by atoms with van der Waals surface area (Å²) < 4.78 is 3.43. The van der Waals surface area contributed by atoms with E-state index < -0.39 is 0 Å². The Morgan fingerprint density at radius 2 is 1.31 bits per heavy atom. The zero-order valence-corrected chi connectivity index (χ0v) is 20.0. The first-order chi connectivity index (χ1) is 16.9. The lowest BCUT2D eigenvalue weighted by molar-refractivity contribution is 0.104. The van der Waals surface area contributed by atoms with Crippen molar-refractivity contribution in [2.45, 2.75) is 39.8 Å². The van der Waals surface area contributed by atoms with E-state index >= 15 is 0 Å². The molecule has 35 heavy (non-hydrogen) atoms. The number of hydrogen-bond donors (Lipinski definition) is 0. The third-order valence-electron chi connectivity index (χ3n) is 5.51. The summed E-state index contributed by atoms with van der Waals surface area (Å²) in [6.45, 7) is 7.74. The number of amidine groups is 1. The van der Waals surface area contributed by atoms with E-state index in [0.717, 1.165) is 16.7 Å². The highest BCUT2D eigenvalue weighted by Gasteiger charge is 2.33. The van der Waals surface area contributed by atoms with E-state index in [1.54, 1.807) is 21.8 Å². The van der Waals surface area contributed by atoms with Gasteiger partial charge in [-0.3, -0.25) is 0 Å². The van der Waals surface area contributed by atoms with Crippen LogP contribution in [-0.4, -0.2) is 58.5 Å². The molecule has 0 atom stereocenters. The van der Waals surface area contributed by atoms with Gasteiger partial charge in [0, 0.05) is 30.4 Å². The van der Waals surface area contributed by atoms with Crippen molar-refractivity contribution in [3.63, 3.8) is 0 Å². The number of carbonyl (C=O) groups is 1. The van der Waals surface area contributed by atoms with Gasteiger partial charge in [0.15, 0.2) is 17.5 Å². The molecule has 10 heteroatoms. The summed E-state index contributed by atoms with van der Waals surface area (Å²) in [5, 5.41) is 16.2. The normalized spacial score (nSPS) is 14.0. The number of pyridine rings is 1. The van der Waals surface area contributed by atoms with Crippen LogP contribution < -0.4 is 5.43 Å². The van der Waals surface area contributed by atoms with Crippen LogP contribution in [0.4, 0.5) is 4.79 Å². The Labute approximate surface area is 203 Å². The molecule has 0 unspecified atom stereocenters. The van der Waals surface area contributed by atoms with Crippen molar-refractivity contribution in [2.75, 3.05) is 0 Å². The molecule has 3 aromatic heterocycles. The molecule has 0 bridgehead atoms. The molecule has 1 aliphatic heterocycles. The molecule has 0 fully saturated rings. The molecular formula is C25H26N9O. The van der Waals surface area contributed by atoms with Crippen LogP contribution in [0.3, 0.4) is 0 Å². The molecular weight excluding hydrogens is 442 g/mol. The van der Waals surface area contributed by atoms with E-state index in [-0.39, 0.29) is 18.1 Å². The Balaban J connectivity index is 1.58. The SMILES string of the molecule is CC(C)N1[N]C(c2cccc(-c3cc(-n4cccn4)nc(-n4cccn4)c3)c2)=NN(C(C)C)C1=O. The molecule has 0 N–H and O–H groups in total. The second-order valence-electron chi connectivity index (χ2n) is 8.74. The van der Waals surface area contributed by atoms with Crippen molar-refractivity contribution in [1.29, 1.82) is 0 Å². The highest BCUT2D eigenvalue weighted by molar-refractivity contribution is 6.02. The Bertz CT molecular complexity index is 1310. The lowest BCUT2D eigenvalue weighted by atomic mass is 10.0. The van der Waals surface area contributed by atoms with E-state index in [1.807, 2.05) is 88.6 Å². The van der Waals surface area contributed by atoms with E-state index in [9.17, 15) is 4.79 Å². The van der Waals surface area contributed by atoms with Crippen molar-refractivity contribution >= 4 is 11.9 Å². The largest absolute Gasteiger partial charge is 0.361 e. The maximum Gasteiger partial charge on any atom is 0.361 e. The first kappa shape index (κ1) is 22.3. The highest BCUT2D eigenvalue weighted by Crippen LogP contribution is 2.26. The summed E-state index contributed by atoms with van der Waals surface area (Å²) in [6.07, 6.45) is 7.13. The number of carbonyl (C=O) groups excluding carboxylic acids is 1. The fourth-order valence-electron chi connectivity index (χ4n) is 3.75. The molecule has 0 saturated carbocycles. The van der Waals surface area contributed by atoms with Crippen molar-refractivity contribution in [3.05, 3.63) is 78.9 Å². The number of hydrogen-bond acceptors (Lipinski definition) is 5. The summed E-state index contributed by atoms with van der Waals surface area (Å²) >= 11 is 0. The van der Waals surface area contributed by atoms with Crippen molar-refractivity contribution in [2.24, 2.45) is 5.10 Å². The molecule has 4 heterocycles. The maximum atomic E-state index is 12.8. The standard InChI is InChI=1S/C25H26N9O/c1-17(2)33-25(35)34(18(3)4)30-24(29-33)20-9-5-8-19(14-20)21-15-22(31-12-6-10-26-31)28-23(16-21)32-13-7-11-27-32/h5-18H,1-4H3. The van der Waals surface area contributed by atoms with Crippen molar-refractivity contribution < 1.29 is 4.79 Å². The van der Waals surface area contributed by atoms with Crippen LogP contribution in [0.15, 0.2) is 78.4 Å². The minimum absolute atomic E-state index is 0.0918. The number of aromatic nitrogens is 5. The van der Waals surface area contributed by atoms with E-state index in [0.29, 0.717) is 17.5 Å². The number of rotatable bonds is 6. The van der Waals surface area contributed by atoms with Crippen LogP contribution in [0.25, 0.3) is 22.8 Å². The molecule has 1 aromatic carbocycles. The molecule has 4 aromatic rings. The van der Waals surface area contributed by atoms with Crippen LogP contribution in [0.1, 0.15) is 33.3 Å². The fraction of sp³-hybridized carbons (Fsp3) is 0.240. The monoisotopic (exact) mass is 468 g/mol. The van der Waals surface area contributed by atoms with Gasteiger partial charge >= 0.3 is 6.03 Å². The molecule has 5 rings (SSSR count). The van der Waals surface area contributed by atoms with E-state index in [4.69, 9.17) is 4.98 Å². The van der Waals surface area contributed by atoms with Gasteiger partial charge in [-0.2, -0.15) is 10.2 Å². The zero-order valence-electron chi connectivity index (χ0n) is 20.0. The summed E-state index contributed by atoms with van der Waals surface area (Å²) in [5.41, 5.74) is 7.27. The molecule has 1 radical (unpaired) electrons. The quantitative estimate of drug-likeness (QED) is 0.429. The van der Waals surface area contributed by atoms with Gasteiger partial charge in [0.25, 0.3) is 0 Å². The molecule has 10 nitrogen and oxygen atoms in total. The number of amides is 2. The maximum absolute atomic E-state index is 12.8. The first-order valence-electron chi connectivity index (χ1n) is 11.5. The Morgan fingerprint density at radius 3 is 1.86 bits per heavy atom. The number of hydrazone groups is 1. The topological polar surface area (TPSA) is 98.5 Å². The molecule has 0 aliphatic carbocycles. The second-order valence-corrected chi connectivity index (χ2v) is 8.74. The summed E-state index contributed by atoms with van der Waals surface area (Å²) in [7, 11) is 0. The number of urea groups is 1. The van der Waals surface area contributed by atoms with Gasteiger partial charge in [0.2, 0.25) is 0 Å². The predicted molar refractivity (Wildman–Crippen MR) is 132 cm³/mol. The Kier molecular flexibility index (Phi) is 5.77. The van der Waals surface area contributed by atoms with Crippen LogP contribution >= 0.6 is 0 Å². The van der Waals surface area contributed by atoms with Crippen LogP contribution in [0.2, 0.25) is 0 Å². The van der Waals surface area contributed by atoms with Crippen molar-refractivity contribution in [1.82, 2.24) is 40.0 Å². The first-order valence-corrected chi connectivity index (χ1v) is 11.5. The average molecular weight is 469 g/mol. The number of nitrogens with zero attached hydrogens (tertiary/aromatic N) is 9. The van der Waals surface area contributed by atoms with Gasteiger partial charge in [-0.15, -0.1) is 10.5 Å². The third-order valence-corrected chi connectivity index (χ3v) is 5.51. The third kappa shape index (κ3) is 4.37. The Morgan fingerprint density at radius 1 is 0.714 bits per heavy atom. The molecule has 1 aliphatic rings. The predicted octanol–water partition coefficient (Wildman–Crippen LogP) is 3.86. The smallest absolute Gasteiger partial charge is 0.244 e. The minimum Gasteiger partial charge on any atom is -0.244 e. The van der Waals surface area contributed by atoms with Gasteiger partial charge in [-0.05, 0) is 69.2 Å². The van der Waals surface area contributed by atoms with E-state index in [2.05, 4.69) is 20.7 Å². The lowest BCUT2D eigenvalue weighted by Crippen LogP contribution is -2.56. The fourth-order valence-corrected chi connectivity index (χ4v) is 3.75. The van der Waals surface area contributed by atoms with Gasteiger partial charge in [-0.1, -0.05) is 18.2 Å². The van der Waals surface area contributed by atoms with Crippen LogP contribution in [0, 0.1) is 0 Å². The van der Waals surface area contributed by atoms with Gasteiger partial charge in [-0.25, -0.2) is 29.2 Å². The van der Waals surface area contributed by atoms with E-state index in [1.165, 1.54) is 10.0 Å². The minimum atomic E-state index is -0.225. The van der Waals surface area contributed by atoms with Gasteiger partial charge < -0.3 is 0 Å². The molecule has 2 amide bonds. The summed E-state index contributed by atoms with van der Waals surface area (Å²) in [4.78, 5) is 17.5. The average Bonchev–Trinajstić information content (AvgIpc) is 3.58. The Hall–Kier alpha value is -4.47. The van der Waals surface area contributed by atoms with Crippen LogP contribution in [0.5, 0.6) is 0 Å². The van der Waals surface area contributed by atoms with Gasteiger partial charge in [0.1, 0.15) is 0 Å². The second kappa shape index (κ2) is 9.05. The zero-order chi connectivity index (χ0) is 24.5. The highest BCUT2D eigenvalue weighted by atomic mass is 16.2. The van der Waals surface area contributed by atoms with Gasteiger partial charge in [0.05, 0.1) is 12.1 Å². The number of benzene rings is 1. The lowest BCUT2D eigenvalue weighted by Gasteiger charge is -2.35. The molecule has 0 saturated heterocycles.